The first kappa shape index (κ1) is 26.8. The summed E-state index contributed by atoms with van der Waals surface area (Å²) < 4.78 is 5.09. The van der Waals surface area contributed by atoms with Crippen LogP contribution in [0.15, 0.2) is 48.5 Å². The minimum atomic E-state index is -1.01. The van der Waals surface area contributed by atoms with E-state index < -0.39 is 17.9 Å². The summed E-state index contributed by atoms with van der Waals surface area (Å²) in [5, 5.41) is 11.1. The summed E-state index contributed by atoms with van der Waals surface area (Å²) in [5.74, 6) is 4.94. The summed E-state index contributed by atoms with van der Waals surface area (Å²) in [6.07, 6.45) is 0. The molecule has 8 nitrogen and oxygen atoms in total. The van der Waals surface area contributed by atoms with Gasteiger partial charge in [0.2, 0.25) is 0 Å². The predicted molar refractivity (Wildman–Crippen MR) is 124 cm³/mol. The van der Waals surface area contributed by atoms with Crippen LogP contribution in [0.1, 0.15) is 34.5 Å². The summed E-state index contributed by atoms with van der Waals surface area (Å²) in [6.45, 7) is 2.27. The summed E-state index contributed by atoms with van der Waals surface area (Å²) >= 11 is 0. The zero-order valence-electron chi connectivity index (χ0n) is 17.7. The van der Waals surface area contributed by atoms with Gasteiger partial charge in [-0.1, -0.05) is 31.4 Å². The van der Waals surface area contributed by atoms with Gasteiger partial charge in [0, 0.05) is 43.4 Å². The number of benzene rings is 2. The van der Waals surface area contributed by atoms with Gasteiger partial charge in [0.1, 0.15) is 6.04 Å². The highest BCUT2D eigenvalue weighted by Gasteiger charge is 2.19. The van der Waals surface area contributed by atoms with Gasteiger partial charge in [-0.05, 0) is 49.0 Å². The molecule has 0 unspecified atom stereocenters. The second kappa shape index (κ2) is 14.0. The smallest absolute Gasteiger partial charge is 0.267 e. The van der Waals surface area contributed by atoms with E-state index in [-0.39, 0.29) is 14.0 Å². The van der Waals surface area contributed by atoms with Gasteiger partial charge in [0.25, 0.3) is 11.8 Å². The third-order valence-electron chi connectivity index (χ3n) is 4.55. The maximum atomic E-state index is 12.2. The van der Waals surface area contributed by atoms with Gasteiger partial charge in [-0.3, -0.25) is 19.7 Å². The van der Waals surface area contributed by atoms with E-state index in [1.165, 1.54) is 11.0 Å². The lowest BCUT2D eigenvalue weighted by Crippen LogP contribution is -2.50. The van der Waals surface area contributed by atoms with Gasteiger partial charge in [-0.15, -0.1) is 0 Å². The summed E-state index contributed by atoms with van der Waals surface area (Å²) in [7, 11) is 3.74. The van der Waals surface area contributed by atoms with E-state index in [0.717, 1.165) is 24.2 Å². The topological polar surface area (TPSA) is 117 Å². The lowest BCUT2D eigenvalue weighted by atomic mass is 10.1. The van der Waals surface area contributed by atoms with Crippen molar-refractivity contribution in [3.05, 3.63) is 70.8 Å². The number of hydrogen-bond donors (Lipinski definition) is 4. The predicted octanol–water partition coefficient (Wildman–Crippen LogP) is 1.36. The van der Waals surface area contributed by atoms with E-state index in [9.17, 15) is 9.59 Å². The lowest BCUT2D eigenvalue weighted by molar-refractivity contribution is -0.130. The zero-order chi connectivity index (χ0) is 22.6. The molecule has 2 aromatic rings. The molecule has 0 aromatic heterocycles. The molecule has 0 aliphatic heterocycles. The summed E-state index contributed by atoms with van der Waals surface area (Å²) in [5.41, 5.74) is 10.1. The third-order valence-corrected chi connectivity index (χ3v) is 4.55. The first-order valence-electron chi connectivity index (χ1n) is 9.80. The molecule has 8 heteroatoms. The normalized spacial score (nSPS) is 11.0. The van der Waals surface area contributed by atoms with Crippen LogP contribution in [-0.2, 0) is 16.1 Å². The highest BCUT2D eigenvalue weighted by molar-refractivity contribution is 5.97. The van der Waals surface area contributed by atoms with E-state index in [2.05, 4.69) is 34.2 Å². The Morgan fingerprint density at radius 1 is 1.09 bits per heavy atom. The average Bonchev–Trinajstić information content (AvgIpc) is 2.80. The Balaban J connectivity index is 0.00000512. The van der Waals surface area contributed by atoms with Gasteiger partial charge in [0.15, 0.2) is 0 Å². The van der Waals surface area contributed by atoms with Gasteiger partial charge in [-0.2, -0.15) is 0 Å². The van der Waals surface area contributed by atoms with E-state index in [1.807, 2.05) is 19.2 Å². The molecule has 2 amide bonds. The number of hydroxylamine groups is 1. The molecule has 2 rings (SSSR count). The quantitative estimate of drug-likeness (QED) is 0.266. The van der Waals surface area contributed by atoms with Crippen LogP contribution in [0, 0.1) is 11.8 Å². The Bertz CT molecular complexity index is 918. The Hall–Kier alpha value is -3.22. The molecule has 0 spiro atoms. The number of likely N-dealkylation sites (N-methyl/N-ethyl adjacent to an activating group) is 1. The molecule has 0 aliphatic rings. The largest absolute Gasteiger partial charge is 0.383 e. The molecule has 0 heterocycles. The van der Waals surface area contributed by atoms with Crippen LogP contribution >= 0.6 is 0 Å². The number of ether oxygens (including phenoxy) is 1. The van der Waals surface area contributed by atoms with Crippen LogP contribution in [0.4, 0.5) is 0 Å². The highest BCUT2D eigenvalue weighted by atomic mass is 16.5. The Kier molecular flexibility index (Phi) is 11.7. The SMILES string of the molecule is C.COCCN(C)Cc1ccc(C#Cc2ccc(C(=O)N[C@@H](CN)C(=O)NO)cc2)cc1. The Labute approximate surface area is 189 Å². The Morgan fingerprint density at radius 3 is 2.16 bits per heavy atom. The number of nitrogens with zero attached hydrogens (tertiary/aromatic N) is 1. The number of carbonyl (C=O) groups is 2. The minimum Gasteiger partial charge on any atom is -0.383 e. The van der Waals surface area contributed by atoms with E-state index in [0.29, 0.717) is 12.2 Å². The number of nitrogens with two attached hydrogens (primary N) is 1. The molecule has 0 saturated carbocycles. The molecule has 0 radical (unpaired) electrons. The van der Waals surface area contributed by atoms with Crippen molar-refractivity contribution >= 4 is 11.8 Å². The monoisotopic (exact) mass is 440 g/mol. The molecule has 0 bridgehead atoms. The van der Waals surface area contributed by atoms with Crippen molar-refractivity contribution in [2.24, 2.45) is 5.73 Å². The van der Waals surface area contributed by atoms with Crippen molar-refractivity contribution in [1.29, 1.82) is 0 Å². The maximum Gasteiger partial charge on any atom is 0.267 e. The molecule has 0 saturated heterocycles. The van der Waals surface area contributed by atoms with Crippen LogP contribution in [0.25, 0.3) is 0 Å². The number of hydrogen-bond acceptors (Lipinski definition) is 6. The van der Waals surface area contributed by atoms with Crippen LogP contribution in [-0.4, -0.2) is 61.8 Å². The van der Waals surface area contributed by atoms with Gasteiger partial charge >= 0.3 is 0 Å². The molecule has 32 heavy (non-hydrogen) atoms. The van der Waals surface area contributed by atoms with Crippen LogP contribution in [0.2, 0.25) is 0 Å². The number of methoxy groups -OCH3 is 1. The number of carbonyl (C=O) groups excluding carboxylic acids is 2. The van der Waals surface area contributed by atoms with Crippen molar-refractivity contribution < 1.29 is 19.5 Å². The van der Waals surface area contributed by atoms with Crippen LogP contribution in [0.3, 0.4) is 0 Å². The van der Waals surface area contributed by atoms with Crippen LogP contribution in [0.5, 0.6) is 0 Å². The third kappa shape index (κ3) is 8.49. The Morgan fingerprint density at radius 2 is 1.66 bits per heavy atom. The van der Waals surface area contributed by atoms with Gasteiger partial charge in [-0.25, -0.2) is 5.48 Å². The van der Waals surface area contributed by atoms with Crippen molar-refractivity contribution in [2.75, 3.05) is 33.9 Å². The lowest BCUT2D eigenvalue weighted by Gasteiger charge is -2.15. The fourth-order valence-electron chi connectivity index (χ4n) is 2.73. The van der Waals surface area contributed by atoms with Crippen LogP contribution < -0.4 is 16.5 Å². The summed E-state index contributed by atoms with van der Waals surface area (Å²) in [4.78, 5) is 25.8. The highest BCUT2D eigenvalue weighted by Crippen LogP contribution is 2.08. The molecular formula is C24H32N4O4. The van der Waals surface area contributed by atoms with Crippen molar-refractivity contribution in [2.45, 2.75) is 20.0 Å². The fourth-order valence-corrected chi connectivity index (χ4v) is 2.73. The molecule has 172 valence electrons. The second-order valence-corrected chi connectivity index (χ2v) is 6.99. The molecular weight excluding hydrogens is 408 g/mol. The molecule has 0 fully saturated rings. The average molecular weight is 441 g/mol. The standard InChI is InChI=1S/C23H28N4O4.CH4/c1-27(13-14-31-2)16-19-7-5-17(6-8-19)3-4-18-9-11-20(12-10-18)22(28)25-21(15-24)23(29)26-30;/h5-12,21,30H,13-16,24H2,1-2H3,(H,25,28)(H,26,29);1H4/t21-;/m0./s1. The molecule has 1 atom stereocenters. The number of nitrogens with one attached hydrogen (secondary N) is 2. The molecule has 0 aliphatic carbocycles. The first-order chi connectivity index (χ1) is 15.0. The van der Waals surface area contributed by atoms with E-state index in [4.69, 9.17) is 15.7 Å². The molecule has 5 N–H and O–H groups in total. The number of amides is 2. The van der Waals surface area contributed by atoms with Gasteiger partial charge in [0.05, 0.1) is 6.61 Å². The second-order valence-electron chi connectivity index (χ2n) is 6.99. The van der Waals surface area contributed by atoms with Crippen molar-refractivity contribution in [3.8, 4) is 11.8 Å². The van der Waals surface area contributed by atoms with Crippen molar-refractivity contribution in [3.63, 3.8) is 0 Å². The minimum absolute atomic E-state index is 0. The van der Waals surface area contributed by atoms with Crippen molar-refractivity contribution in [1.82, 2.24) is 15.7 Å². The number of rotatable bonds is 9. The zero-order valence-corrected chi connectivity index (χ0v) is 17.7. The fraction of sp³-hybridized carbons (Fsp3) is 0.333. The maximum absolute atomic E-state index is 12.2. The van der Waals surface area contributed by atoms with Gasteiger partial charge < -0.3 is 15.8 Å². The summed E-state index contributed by atoms with van der Waals surface area (Å²) in [6, 6.07) is 13.7. The first-order valence-corrected chi connectivity index (χ1v) is 9.80. The molecule has 2 aromatic carbocycles. The van der Waals surface area contributed by atoms with E-state index in [1.54, 1.807) is 31.4 Å². The van der Waals surface area contributed by atoms with E-state index >= 15 is 0 Å².